The number of carbonyl (C=O) groups excluding carboxylic acids is 4. The highest BCUT2D eigenvalue weighted by Crippen LogP contribution is 2.27. The molecule has 0 aliphatic carbocycles. The Kier molecular flexibility index (Phi) is 9.18. The molecule has 1 aliphatic heterocycles. The smallest absolute Gasteiger partial charge is 0.242 e. The van der Waals surface area contributed by atoms with Gasteiger partial charge in [0.25, 0.3) is 0 Å². The van der Waals surface area contributed by atoms with E-state index in [0.29, 0.717) is 31.6 Å². The summed E-state index contributed by atoms with van der Waals surface area (Å²) in [5.74, 6) is 0.501. The lowest BCUT2D eigenvalue weighted by molar-refractivity contribution is -0.138. The fourth-order valence-corrected chi connectivity index (χ4v) is 4.02. The highest BCUT2D eigenvalue weighted by Gasteiger charge is 2.38. The Bertz CT molecular complexity index is 590. The van der Waals surface area contributed by atoms with Crippen molar-refractivity contribution in [3.05, 3.63) is 0 Å². The number of nitrogens with zero attached hydrogens (tertiary/aromatic N) is 1. The van der Waals surface area contributed by atoms with Crippen molar-refractivity contribution in [1.82, 2.24) is 10.2 Å². The number of Topliss-reactive ketones (excluding diaryl/α,β-unsaturated/α-hetero) is 1. The number of hydrogen-bond acceptors (Lipinski definition) is 5. The lowest BCUT2D eigenvalue weighted by atomic mass is 9.89. The van der Waals surface area contributed by atoms with Crippen LogP contribution in [0, 0.1) is 5.41 Å². The number of amides is 3. The van der Waals surface area contributed by atoms with Gasteiger partial charge in [-0.3, -0.25) is 24.1 Å². The molecular formula is C21H36N2O4S. The van der Waals surface area contributed by atoms with Gasteiger partial charge in [0.2, 0.25) is 17.7 Å². The number of likely N-dealkylation sites (tertiary alicyclic amines) is 1. The maximum Gasteiger partial charge on any atom is 0.242 e. The number of nitrogens with one attached hydrogen (secondary N) is 1. The normalized spacial score (nSPS) is 17.9. The molecule has 1 heterocycles. The Morgan fingerprint density at radius 2 is 1.68 bits per heavy atom. The molecule has 1 N–H and O–H groups in total. The van der Waals surface area contributed by atoms with Gasteiger partial charge in [0.15, 0.2) is 0 Å². The second-order valence-corrected chi connectivity index (χ2v) is 10.8. The van der Waals surface area contributed by atoms with E-state index < -0.39 is 0 Å². The molecule has 1 aliphatic rings. The Morgan fingerprint density at radius 1 is 1.04 bits per heavy atom. The van der Waals surface area contributed by atoms with Crippen LogP contribution in [-0.2, 0) is 19.2 Å². The van der Waals surface area contributed by atoms with Crippen molar-refractivity contribution in [2.24, 2.45) is 5.41 Å². The van der Waals surface area contributed by atoms with Gasteiger partial charge in [0, 0.05) is 42.5 Å². The molecule has 0 aromatic rings. The van der Waals surface area contributed by atoms with E-state index in [0.717, 1.165) is 12.8 Å². The summed E-state index contributed by atoms with van der Waals surface area (Å²) < 4.78 is 0. The van der Waals surface area contributed by atoms with Gasteiger partial charge in [-0.25, -0.2) is 0 Å². The summed E-state index contributed by atoms with van der Waals surface area (Å²) in [6, 6.07) is 0. The second-order valence-electron chi connectivity index (χ2n) is 9.48. The van der Waals surface area contributed by atoms with Gasteiger partial charge >= 0.3 is 0 Å². The highest BCUT2D eigenvalue weighted by molar-refractivity contribution is 8.00. The third-order valence-corrected chi connectivity index (χ3v) is 5.70. The minimum absolute atomic E-state index is 0.0297. The number of unbranched alkanes of at least 4 members (excludes halogenated alkanes) is 2. The molecule has 0 spiro atoms. The summed E-state index contributed by atoms with van der Waals surface area (Å²) in [7, 11) is 0. The molecule has 7 heteroatoms. The number of thioether (sulfide) groups is 1. The molecule has 1 fully saturated rings. The Labute approximate surface area is 173 Å². The lowest BCUT2D eigenvalue weighted by Gasteiger charge is -2.20. The van der Waals surface area contributed by atoms with Crippen LogP contribution in [0.3, 0.4) is 0 Å². The van der Waals surface area contributed by atoms with E-state index in [1.54, 1.807) is 0 Å². The zero-order chi connectivity index (χ0) is 21.5. The van der Waals surface area contributed by atoms with E-state index in [1.165, 1.54) is 16.7 Å². The van der Waals surface area contributed by atoms with Crippen molar-refractivity contribution in [3.63, 3.8) is 0 Å². The largest absolute Gasteiger partial charge is 0.352 e. The van der Waals surface area contributed by atoms with E-state index in [2.05, 4.69) is 5.32 Å². The molecule has 0 radical (unpaired) electrons. The van der Waals surface area contributed by atoms with Crippen LogP contribution in [-0.4, -0.2) is 51.5 Å². The molecule has 0 saturated carbocycles. The topological polar surface area (TPSA) is 83.6 Å². The fourth-order valence-electron chi connectivity index (χ4n) is 2.90. The lowest BCUT2D eigenvalue weighted by Crippen LogP contribution is -2.40. The average molecular weight is 413 g/mol. The average Bonchev–Trinajstić information content (AvgIpc) is 2.79. The molecular weight excluding hydrogens is 376 g/mol. The van der Waals surface area contributed by atoms with Gasteiger partial charge < -0.3 is 5.32 Å². The predicted molar refractivity (Wildman–Crippen MR) is 113 cm³/mol. The van der Waals surface area contributed by atoms with Gasteiger partial charge in [0.05, 0.1) is 5.25 Å². The Hall–Kier alpha value is -1.37. The standard InChI is InChI=1S/C21H36N2O4S/c1-20(2,3)16(24)11-13-28-15-14-18(26)23(19(15)27)12-9-7-8-10-17(25)22-21(4,5)6/h15H,7-14H2,1-6H3,(H,22,25). The molecule has 3 amide bonds. The maximum absolute atomic E-state index is 12.5. The monoisotopic (exact) mass is 412 g/mol. The molecule has 0 bridgehead atoms. The highest BCUT2D eigenvalue weighted by atomic mass is 32.2. The van der Waals surface area contributed by atoms with E-state index in [-0.39, 0.29) is 46.1 Å². The molecule has 1 unspecified atom stereocenters. The first kappa shape index (κ1) is 24.7. The third kappa shape index (κ3) is 8.76. The number of imide groups is 1. The SMILES string of the molecule is CC(C)(C)NC(=O)CCCCCN1C(=O)CC(SCCC(=O)C(C)(C)C)C1=O. The number of carbonyl (C=O) groups is 4. The van der Waals surface area contributed by atoms with Crippen molar-refractivity contribution in [3.8, 4) is 0 Å². The van der Waals surface area contributed by atoms with Crippen molar-refractivity contribution < 1.29 is 19.2 Å². The predicted octanol–water partition coefficient (Wildman–Crippen LogP) is 3.33. The molecule has 0 aromatic carbocycles. The minimum atomic E-state index is -0.369. The quantitative estimate of drug-likeness (QED) is 0.439. The first-order chi connectivity index (χ1) is 12.8. The van der Waals surface area contributed by atoms with Crippen molar-refractivity contribution in [2.75, 3.05) is 12.3 Å². The summed E-state index contributed by atoms with van der Waals surface area (Å²) in [5, 5.41) is 2.56. The van der Waals surface area contributed by atoms with Crippen LogP contribution < -0.4 is 5.32 Å². The number of ketones is 1. The van der Waals surface area contributed by atoms with Crippen molar-refractivity contribution in [2.45, 2.75) is 90.9 Å². The molecule has 1 atom stereocenters. The van der Waals surface area contributed by atoms with Crippen LogP contribution in [0.1, 0.15) is 80.1 Å². The van der Waals surface area contributed by atoms with Gasteiger partial charge in [-0.2, -0.15) is 0 Å². The van der Waals surface area contributed by atoms with Crippen LogP contribution in [0.5, 0.6) is 0 Å². The summed E-state index contributed by atoms with van der Waals surface area (Å²) in [6.07, 6.45) is 3.35. The van der Waals surface area contributed by atoms with Gasteiger partial charge in [0.1, 0.15) is 5.78 Å². The van der Waals surface area contributed by atoms with E-state index >= 15 is 0 Å². The van der Waals surface area contributed by atoms with E-state index in [4.69, 9.17) is 0 Å². The zero-order valence-electron chi connectivity index (χ0n) is 18.2. The van der Waals surface area contributed by atoms with Crippen molar-refractivity contribution >= 4 is 35.3 Å². The van der Waals surface area contributed by atoms with Crippen LogP contribution in [0.15, 0.2) is 0 Å². The number of rotatable bonds is 10. The summed E-state index contributed by atoms with van der Waals surface area (Å²) >= 11 is 1.41. The molecule has 0 aromatic heterocycles. The third-order valence-electron chi connectivity index (χ3n) is 4.49. The minimum Gasteiger partial charge on any atom is -0.352 e. The van der Waals surface area contributed by atoms with E-state index in [1.807, 2.05) is 41.5 Å². The van der Waals surface area contributed by atoms with Crippen molar-refractivity contribution in [1.29, 1.82) is 0 Å². The molecule has 1 rings (SSSR count). The van der Waals surface area contributed by atoms with E-state index in [9.17, 15) is 19.2 Å². The van der Waals surface area contributed by atoms with Gasteiger partial charge in [-0.15, -0.1) is 11.8 Å². The van der Waals surface area contributed by atoms with Crippen LogP contribution >= 0.6 is 11.8 Å². The second kappa shape index (κ2) is 10.4. The molecule has 6 nitrogen and oxygen atoms in total. The molecule has 160 valence electrons. The summed E-state index contributed by atoms with van der Waals surface area (Å²) in [6.45, 7) is 11.9. The Balaban J connectivity index is 2.28. The first-order valence-corrected chi connectivity index (χ1v) is 11.2. The molecule has 28 heavy (non-hydrogen) atoms. The van der Waals surface area contributed by atoms with Crippen LogP contribution in [0.25, 0.3) is 0 Å². The summed E-state index contributed by atoms with van der Waals surface area (Å²) in [5.41, 5.74) is -0.596. The first-order valence-electron chi connectivity index (χ1n) is 10.1. The van der Waals surface area contributed by atoms with Crippen LogP contribution in [0.2, 0.25) is 0 Å². The number of hydrogen-bond donors (Lipinski definition) is 1. The fraction of sp³-hybridized carbons (Fsp3) is 0.810. The van der Waals surface area contributed by atoms with Gasteiger partial charge in [-0.05, 0) is 33.6 Å². The maximum atomic E-state index is 12.5. The summed E-state index contributed by atoms with van der Waals surface area (Å²) in [4.78, 5) is 49.7. The van der Waals surface area contributed by atoms with Gasteiger partial charge in [-0.1, -0.05) is 27.2 Å². The Morgan fingerprint density at radius 3 is 2.25 bits per heavy atom. The zero-order valence-corrected chi connectivity index (χ0v) is 19.0. The molecule has 1 saturated heterocycles. The van der Waals surface area contributed by atoms with Crippen LogP contribution in [0.4, 0.5) is 0 Å².